The lowest BCUT2D eigenvalue weighted by molar-refractivity contribution is 0.0660. The van der Waals surface area contributed by atoms with Crippen molar-refractivity contribution in [2.75, 3.05) is 0 Å². The molecule has 1 aliphatic rings. The molecule has 3 N–H and O–H groups in total. The number of carbonyl (C=O) groups excluding carboxylic acids is 1. The van der Waals surface area contributed by atoms with Gasteiger partial charge in [0.05, 0.1) is 6.54 Å². The van der Waals surface area contributed by atoms with Gasteiger partial charge in [0.15, 0.2) is 0 Å². The molecule has 1 aromatic rings. The van der Waals surface area contributed by atoms with Gasteiger partial charge in [0, 0.05) is 6.04 Å². The molecule has 1 saturated carbocycles. The van der Waals surface area contributed by atoms with Gasteiger partial charge in [-0.3, -0.25) is 0 Å². The Morgan fingerprint density at radius 1 is 1.53 bits per heavy atom. The second kappa shape index (κ2) is 4.48. The number of rotatable bonds is 4. The van der Waals surface area contributed by atoms with Gasteiger partial charge in [0.2, 0.25) is 5.76 Å². The van der Waals surface area contributed by atoms with Gasteiger partial charge >= 0.3 is 12.0 Å². The Morgan fingerprint density at radius 2 is 2.24 bits per heavy atom. The van der Waals surface area contributed by atoms with Crippen molar-refractivity contribution >= 4 is 12.0 Å². The quantitative estimate of drug-likeness (QED) is 0.734. The number of carboxylic acids is 1. The molecule has 17 heavy (non-hydrogen) atoms. The van der Waals surface area contributed by atoms with E-state index >= 15 is 0 Å². The van der Waals surface area contributed by atoms with E-state index in [1.165, 1.54) is 12.1 Å². The van der Waals surface area contributed by atoms with Gasteiger partial charge in [0.25, 0.3) is 0 Å². The molecule has 0 spiro atoms. The molecule has 6 heteroatoms. The molecule has 0 aliphatic heterocycles. The highest BCUT2D eigenvalue weighted by Crippen LogP contribution is 2.28. The first-order valence-corrected chi connectivity index (χ1v) is 5.42. The largest absolute Gasteiger partial charge is 0.475 e. The van der Waals surface area contributed by atoms with Crippen molar-refractivity contribution in [2.45, 2.75) is 25.9 Å². The summed E-state index contributed by atoms with van der Waals surface area (Å²) in [5.74, 6) is -0.282. The highest BCUT2D eigenvalue weighted by atomic mass is 16.4. The van der Waals surface area contributed by atoms with Crippen LogP contribution in [0.15, 0.2) is 16.5 Å². The predicted molar refractivity (Wildman–Crippen MR) is 58.6 cm³/mol. The van der Waals surface area contributed by atoms with Crippen LogP contribution >= 0.6 is 0 Å². The number of amides is 2. The third-order valence-corrected chi connectivity index (χ3v) is 2.72. The average molecular weight is 238 g/mol. The van der Waals surface area contributed by atoms with Crippen LogP contribution in [-0.2, 0) is 6.54 Å². The zero-order valence-corrected chi connectivity index (χ0v) is 9.40. The molecule has 2 amide bonds. The summed E-state index contributed by atoms with van der Waals surface area (Å²) in [5.41, 5.74) is 0. The molecule has 0 radical (unpaired) electrons. The van der Waals surface area contributed by atoms with E-state index in [4.69, 9.17) is 9.52 Å². The fourth-order valence-corrected chi connectivity index (χ4v) is 1.50. The molecule has 6 nitrogen and oxygen atoms in total. The van der Waals surface area contributed by atoms with E-state index < -0.39 is 5.97 Å². The van der Waals surface area contributed by atoms with Crippen molar-refractivity contribution < 1.29 is 19.1 Å². The first kappa shape index (κ1) is 11.5. The monoisotopic (exact) mass is 238 g/mol. The molecule has 1 fully saturated rings. The Labute approximate surface area is 98.0 Å². The normalized spacial score (nSPS) is 21.9. The van der Waals surface area contributed by atoms with Crippen molar-refractivity contribution in [2.24, 2.45) is 5.92 Å². The minimum atomic E-state index is -1.12. The van der Waals surface area contributed by atoms with Gasteiger partial charge in [-0.2, -0.15) is 0 Å². The number of carbonyl (C=O) groups is 2. The lowest BCUT2D eigenvalue weighted by atomic mass is 10.4. The fraction of sp³-hybridized carbons (Fsp3) is 0.455. The number of nitrogens with one attached hydrogen (secondary N) is 2. The van der Waals surface area contributed by atoms with E-state index in [-0.39, 0.29) is 24.4 Å². The number of hydrogen-bond donors (Lipinski definition) is 3. The van der Waals surface area contributed by atoms with E-state index in [9.17, 15) is 9.59 Å². The Morgan fingerprint density at radius 3 is 2.76 bits per heavy atom. The molecular formula is C11H14N2O4. The number of carboxylic acid groups (broad SMARTS) is 1. The Hall–Kier alpha value is -1.98. The molecular weight excluding hydrogens is 224 g/mol. The van der Waals surface area contributed by atoms with Crippen LogP contribution in [0.25, 0.3) is 0 Å². The van der Waals surface area contributed by atoms with E-state index in [0.717, 1.165) is 6.42 Å². The van der Waals surface area contributed by atoms with Crippen LogP contribution in [0.1, 0.15) is 29.7 Å². The van der Waals surface area contributed by atoms with Crippen molar-refractivity contribution in [3.63, 3.8) is 0 Å². The van der Waals surface area contributed by atoms with Crippen LogP contribution in [-0.4, -0.2) is 23.1 Å². The second-order valence-electron chi connectivity index (χ2n) is 4.22. The van der Waals surface area contributed by atoms with Crippen molar-refractivity contribution in [3.8, 4) is 0 Å². The van der Waals surface area contributed by atoms with Gasteiger partial charge in [0.1, 0.15) is 5.76 Å². The van der Waals surface area contributed by atoms with Gasteiger partial charge in [-0.1, -0.05) is 6.92 Å². The highest BCUT2D eigenvalue weighted by molar-refractivity contribution is 5.84. The van der Waals surface area contributed by atoms with Crippen molar-refractivity contribution in [1.82, 2.24) is 10.6 Å². The smallest absolute Gasteiger partial charge is 0.371 e. The molecule has 1 aromatic heterocycles. The Balaban J connectivity index is 1.76. The number of aromatic carboxylic acids is 1. The van der Waals surface area contributed by atoms with Crippen LogP contribution in [0.3, 0.4) is 0 Å². The predicted octanol–water partition coefficient (Wildman–Crippen LogP) is 1.19. The fourth-order valence-electron chi connectivity index (χ4n) is 1.50. The lowest BCUT2D eigenvalue weighted by Gasteiger charge is -2.04. The summed E-state index contributed by atoms with van der Waals surface area (Å²) in [6.07, 6.45) is 1.01. The standard InChI is InChI=1S/C11H14N2O4/c1-6-4-8(6)13-11(16)12-5-7-2-3-9(17-7)10(14)15/h2-3,6,8H,4-5H2,1H3,(H,14,15)(H2,12,13,16). The molecule has 0 aromatic carbocycles. The number of hydrogen-bond acceptors (Lipinski definition) is 3. The van der Waals surface area contributed by atoms with Gasteiger partial charge in [-0.15, -0.1) is 0 Å². The van der Waals surface area contributed by atoms with Crippen LogP contribution in [0.4, 0.5) is 4.79 Å². The van der Waals surface area contributed by atoms with Crippen LogP contribution in [0.5, 0.6) is 0 Å². The molecule has 1 heterocycles. The SMILES string of the molecule is CC1CC1NC(=O)NCc1ccc(C(=O)O)o1. The topological polar surface area (TPSA) is 91.6 Å². The van der Waals surface area contributed by atoms with Crippen molar-refractivity contribution in [3.05, 3.63) is 23.7 Å². The zero-order chi connectivity index (χ0) is 12.4. The van der Waals surface area contributed by atoms with Crippen LogP contribution < -0.4 is 10.6 Å². The number of furan rings is 1. The summed E-state index contributed by atoms with van der Waals surface area (Å²) in [7, 11) is 0. The van der Waals surface area contributed by atoms with Gasteiger partial charge in [-0.25, -0.2) is 9.59 Å². The minimum Gasteiger partial charge on any atom is -0.475 e. The van der Waals surface area contributed by atoms with Gasteiger partial charge < -0.3 is 20.2 Å². The van der Waals surface area contributed by atoms with Gasteiger partial charge in [-0.05, 0) is 24.5 Å². The summed E-state index contributed by atoms with van der Waals surface area (Å²) >= 11 is 0. The minimum absolute atomic E-state index is 0.127. The van der Waals surface area contributed by atoms with E-state index in [0.29, 0.717) is 11.7 Å². The van der Waals surface area contributed by atoms with Crippen LogP contribution in [0.2, 0.25) is 0 Å². The summed E-state index contributed by atoms with van der Waals surface area (Å²) < 4.78 is 5.00. The lowest BCUT2D eigenvalue weighted by Crippen LogP contribution is -2.36. The summed E-state index contributed by atoms with van der Waals surface area (Å²) in [6.45, 7) is 2.25. The maximum atomic E-state index is 11.4. The Kier molecular flexibility index (Phi) is 3.03. The molecule has 2 unspecified atom stereocenters. The molecule has 0 saturated heterocycles. The third-order valence-electron chi connectivity index (χ3n) is 2.72. The van der Waals surface area contributed by atoms with Crippen molar-refractivity contribution in [1.29, 1.82) is 0 Å². The molecule has 1 aliphatic carbocycles. The molecule has 2 atom stereocenters. The average Bonchev–Trinajstić information content (AvgIpc) is 2.81. The first-order valence-electron chi connectivity index (χ1n) is 5.42. The zero-order valence-electron chi connectivity index (χ0n) is 9.40. The van der Waals surface area contributed by atoms with E-state index in [2.05, 4.69) is 17.6 Å². The first-order chi connectivity index (χ1) is 8.06. The Bertz CT molecular complexity index is 440. The van der Waals surface area contributed by atoms with E-state index in [1.807, 2.05) is 0 Å². The molecule has 92 valence electrons. The van der Waals surface area contributed by atoms with Crippen LogP contribution in [0, 0.1) is 5.92 Å². The summed E-state index contributed by atoms with van der Waals surface area (Å²) in [4.78, 5) is 21.9. The second-order valence-corrected chi connectivity index (χ2v) is 4.22. The highest BCUT2D eigenvalue weighted by Gasteiger charge is 2.33. The molecule has 2 rings (SSSR count). The summed E-state index contributed by atoms with van der Waals surface area (Å²) in [6, 6.07) is 2.90. The van der Waals surface area contributed by atoms with E-state index in [1.54, 1.807) is 0 Å². The maximum absolute atomic E-state index is 11.4. The third kappa shape index (κ3) is 2.99. The summed E-state index contributed by atoms with van der Waals surface area (Å²) in [5, 5.41) is 14.0. The maximum Gasteiger partial charge on any atom is 0.371 e. The number of urea groups is 1. The molecule has 0 bridgehead atoms.